The maximum atomic E-state index is 12.5. The zero-order valence-corrected chi connectivity index (χ0v) is 29.6. The summed E-state index contributed by atoms with van der Waals surface area (Å²) in [5, 5.41) is 54.3. The van der Waals surface area contributed by atoms with Crippen molar-refractivity contribution in [2.24, 2.45) is 50.7 Å². The number of fused-ring (bicyclic) bond motifs is 4. The molecule has 5 N–H and O–H groups in total. The Morgan fingerprint density at radius 1 is 0.936 bits per heavy atom. The summed E-state index contributed by atoms with van der Waals surface area (Å²) in [6.07, 6.45) is 0.712. The third-order valence-corrected chi connectivity index (χ3v) is 15.8. The van der Waals surface area contributed by atoms with Gasteiger partial charge in [0.1, 0.15) is 18.3 Å². The molecule has 0 amide bonds. The summed E-state index contributed by atoms with van der Waals surface area (Å²) in [6.45, 7) is 16.2. The van der Waals surface area contributed by atoms with Gasteiger partial charge in [0, 0.05) is 12.3 Å². The van der Waals surface area contributed by atoms with Crippen LogP contribution in [0.4, 0.5) is 0 Å². The summed E-state index contributed by atoms with van der Waals surface area (Å²) in [5.74, 6) is 0.717. The molecule has 0 aromatic rings. The molecule has 2 unspecified atom stereocenters. The molecule has 47 heavy (non-hydrogen) atoms. The Bertz CT molecular complexity index is 1250. The van der Waals surface area contributed by atoms with Crippen molar-refractivity contribution in [2.75, 3.05) is 6.61 Å². The van der Waals surface area contributed by atoms with Gasteiger partial charge in [-0.25, -0.2) is 0 Å². The summed E-state index contributed by atoms with van der Waals surface area (Å²) in [7, 11) is 0. The SMILES string of the molecule is CC(=O)O[C@@H]([C@H]1C[C@@H](C)[C@H]2[C@H](O1)[C@H](O)[C@@]1(C)[C@@H]3CC[C@@H]4C(C)(C)C(O[C@@H]5OC[C@@H](O)[C@H](O)[C@H]5O)CCC45C[C@@]35CC[C@]21C)C(C)(C)O. The molecule has 7 rings (SSSR count). The Kier molecular flexibility index (Phi) is 7.97. The van der Waals surface area contributed by atoms with E-state index in [0.29, 0.717) is 18.3 Å². The highest BCUT2D eigenvalue weighted by Crippen LogP contribution is 2.89. The van der Waals surface area contributed by atoms with Crippen LogP contribution >= 0.6 is 0 Å². The van der Waals surface area contributed by atoms with Gasteiger partial charge in [0.2, 0.25) is 0 Å². The third-order valence-electron chi connectivity index (χ3n) is 15.8. The highest BCUT2D eigenvalue weighted by Gasteiger charge is 2.84. The van der Waals surface area contributed by atoms with Crippen molar-refractivity contribution >= 4 is 5.97 Å². The van der Waals surface area contributed by atoms with Gasteiger partial charge in [-0.3, -0.25) is 4.79 Å². The van der Waals surface area contributed by atoms with E-state index in [-0.39, 0.29) is 51.6 Å². The van der Waals surface area contributed by atoms with Crippen LogP contribution in [0.2, 0.25) is 0 Å². The van der Waals surface area contributed by atoms with E-state index < -0.39 is 60.6 Å². The van der Waals surface area contributed by atoms with Gasteiger partial charge in [-0.2, -0.15) is 0 Å². The van der Waals surface area contributed by atoms with Gasteiger partial charge in [0.25, 0.3) is 0 Å². The van der Waals surface area contributed by atoms with Crippen LogP contribution in [-0.2, 0) is 23.7 Å². The largest absolute Gasteiger partial charge is 0.457 e. The van der Waals surface area contributed by atoms with Crippen molar-refractivity contribution in [2.45, 2.75) is 167 Å². The Balaban J connectivity index is 1.14. The summed E-state index contributed by atoms with van der Waals surface area (Å²) in [4.78, 5) is 12.1. The predicted molar refractivity (Wildman–Crippen MR) is 171 cm³/mol. The van der Waals surface area contributed by atoms with E-state index in [0.717, 1.165) is 38.5 Å². The highest BCUT2D eigenvalue weighted by atomic mass is 16.7. The van der Waals surface area contributed by atoms with E-state index in [9.17, 15) is 30.3 Å². The smallest absolute Gasteiger partial charge is 0.303 e. The minimum atomic E-state index is -1.30. The molecule has 5 saturated carbocycles. The van der Waals surface area contributed by atoms with E-state index in [2.05, 4.69) is 34.6 Å². The monoisotopic (exact) mass is 664 g/mol. The fourth-order valence-electron chi connectivity index (χ4n) is 13.7. The Hall–Kier alpha value is -0.850. The number of carbonyl (C=O) groups excluding carboxylic acids is 1. The normalized spacial score (nSPS) is 55.4. The Labute approximate surface area is 279 Å². The van der Waals surface area contributed by atoms with Crippen molar-refractivity contribution in [3.05, 3.63) is 0 Å². The Morgan fingerprint density at radius 3 is 2.26 bits per heavy atom. The zero-order chi connectivity index (χ0) is 34.3. The number of esters is 1. The predicted octanol–water partition coefficient (Wildman–Crippen LogP) is 3.33. The average molecular weight is 665 g/mol. The lowest BCUT2D eigenvalue weighted by Crippen LogP contribution is -2.61. The summed E-state index contributed by atoms with van der Waals surface area (Å²) in [5.41, 5.74) is -1.61. The van der Waals surface area contributed by atoms with Crippen LogP contribution in [0.25, 0.3) is 0 Å². The fraction of sp³-hybridized carbons (Fsp3) is 0.973. The van der Waals surface area contributed by atoms with Gasteiger partial charge in [0.15, 0.2) is 12.4 Å². The molecular weight excluding hydrogens is 604 g/mol. The quantitative estimate of drug-likeness (QED) is 0.218. The number of hydrogen-bond acceptors (Lipinski definition) is 10. The lowest BCUT2D eigenvalue weighted by molar-refractivity contribution is -0.303. The molecule has 7 aliphatic rings. The van der Waals surface area contributed by atoms with E-state index in [1.165, 1.54) is 13.3 Å². The first-order valence-corrected chi connectivity index (χ1v) is 18.3. The molecule has 0 bridgehead atoms. The van der Waals surface area contributed by atoms with Gasteiger partial charge in [-0.15, -0.1) is 0 Å². The second-order valence-corrected chi connectivity index (χ2v) is 18.6. The molecule has 5 aliphatic carbocycles. The molecular formula is C37H60O10. The molecule has 7 fully saturated rings. The molecule has 0 radical (unpaired) electrons. The van der Waals surface area contributed by atoms with Crippen LogP contribution in [0.15, 0.2) is 0 Å². The van der Waals surface area contributed by atoms with Gasteiger partial charge in [0.05, 0.1) is 36.6 Å². The van der Waals surface area contributed by atoms with E-state index >= 15 is 0 Å². The summed E-state index contributed by atoms with van der Waals surface area (Å²) >= 11 is 0. The van der Waals surface area contributed by atoms with Crippen LogP contribution in [0, 0.1) is 50.7 Å². The zero-order valence-electron chi connectivity index (χ0n) is 29.6. The number of aliphatic hydroxyl groups is 5. The third kappa shape index (κ3) is 4.54. The van der Waals surface area contributed by atoms with Gasteiger partial charge < -0.3 is 44.5 Å². The first kappa shape index (κ1) is 34.6. The fourth-order valence-corrected chi connectivity index (χ4v) is 13.7. The molecule has 2 heterocycles. The number of hydrogen-bond donors (Lipinski definition) is 5. The molecule has 268 valence electrons. The molecule has 10 nitrogen and oxygen atoms in total. The minimum absolute atomic E-state index is 0.0683. The second-order valence-electron chi connectivity index (χ2n) is 18.6. The van der Waals surface area contributed by atoms with Crippen molar-refractivity contribution < 1.29 is 49.3 Å². The molecule has 2 spiro atoms. The topological polar surface area (TPSA) is 155 Å². The van der Waals surface area contributed by atoms with Crippen molar-refractivity contribution in [3.8, 4) is 0 Å². The number of rotatable bonds is 5. The highest BCUT2D eigenvalue weighted by molar-refractivity contribution is 5.66. The van der Waals surface area contributed by atoms with E-state index in [1.807, 2.05) is 0 Å². The first-order chi connectivity index (χ1) is 21.8. The summed E-state index contributed by atoms with van der Waals surface area (Å²) in [6, 6.07) is 0. The molecule has 10 heteroatoms. The van der Waals surface area contributed by atoms with Gasteiger partial charge in [-0.05, 0) is 111 Å². The number of carbonyl (C=O) groups is 1. The molecule has 2 aliphatic heterocycles. The molecule has 17 atom stereocenters. The second kappa shape index (κ2) is 10.8. The standard InChI is InChI=1S/C37H60O10/c1-18-15-21(30(33(5,6)43)45-19(2)38)46-28-25(18)34(7)13-14-37-17-36(37)12-11-24(47-31-27(41)26(40)20(39)16-44-31)32(3,4)22(36)9-10-23(37)35(34,8)29(28)42/h18,20-31,39-43H,9-17H2,1-8H3/t18-,20-,21-,22-,23+,24?,25+,26+,27-,28+,29+,30+,31+,34-,35-,36?,37+/m1/s1. The summed E-state index contributed by atoms with van der Waals surface area (Å²) < 4.78 is 24.6. The van der Waals surface area contributed by atoms with Crippen molar-refractivity contribution in [1.82, 2.24) is 0 Å². The van der Waals surface area contributed by atoms with E-state index in [4.69, 9.17) is 18.9 Å². The average Bonchev–Trinajstić information content (AvgIpc) is 3.61. The Morgan fingerprint density at radius 2 is 1.60 bits per heavy atom. The van der Waals surface area contributed by atoms with Gasteiger partial charge in [-0.1, -0.05) is 34.6 Å². The van der Waals surface area contributed by atoms with Crippen LogP contribution in [0.5, 0.6) is 0 Å². The molecule has 0 aromatic heterocycles. The first-order valence-electron chi connectivity index (χ1n) is 18.3. The maximum Gasteiger partial charge on any atom is 0.303 e. The number of ether oxygens (including phenoxy) is 4. The molecule has 0 aromatic carbocycles. The number of aliphatic hydroxyl groups excluding tert-OH is 4. The van der Waals surface area contributed by atoms with Gasteiger partial charge >= 0.3 is 5.97 Å². The van der Waals surface area contributed by atoms with Crippen LogP contribution < -0.4 is 0 Å². The lowest BCUT2D eigenvalue weighted by Gasteiger charge is -2.64. The van der Waals surface area contributed by atoms with Crippen LogP contribution in [-0.4, -0.2) is 98.8 Å². The van der Waals surface area contributed by atoms with Crippen molar-refractivity contribution in [3.63, 3.8) is 0 Å². The van der Waals surface area contributed by atoms with Crippen LogP contribution in [0.1, 0.15) is 107 Å². The lowest BCUT2D eigenvalue weighted by atomic mass is 9.41. The maximum absolute atomic E-state index is 12.5. The van der Waals surface area contributed by atoms with Crippen LogP contribution in [0.3, 0.4) is 0 Å². The molecule has 2 saturated heterocycles. The van der Waals surface area contributed by atoms with E-state index in [1.54, 1.807) is 13.8 Å². The van der Waals surface area contributed by atoms with Crippen molar-refractivity contribution in [1.29, 1.82) is 0 Å². The minimum Gasteiger partial charge on any atom is -0.457 e.